The molecule has 3 saturated heterocycles. The zero-order valence-electron chi connectivity index (χ0n) is 46.7. The molecule has 3 aromatic heterocycles. The van der Waals surface area contributed by atoms with Crippen molar-refractivity contribution in [2.45, 2.75) is 97.1 Å². The molecule has 7 aromatic rings. The summed E-state index contributed by atoms with van der Waals surface area (Å²) < 4.78 is 15.4. The van der Waals surface area contributed by atoms with Gasteiger partial charge in [0.2, 0.25) is 11.8 Å². The lowest BCUT2D eigenvalue weighted by atomic mass is 9.65. The number of esters is 1. The van der Waals surface area contributed by atoms with Crippen LogP contribution in [0.1, 0.15) is 115 Å². The molecule has 1 atom stereocenters. The summed E-state index contributed by atoms with van der Waals surface area (Å²) in [5.41, 5.74) is 8.87. The molecule has 0 radical (unpaired) electrons. The number of amides is 3. The van der Waals surface area contributed by atoms with Gasteiger partial charge in [-0.2, -0.15) is 5.10 Å². The summed E-state index contributed by atoms with van der Waals surface area (Å²) in [5.74, 6) is 0.602. The number of rotatable bonds is 14. The number of fused-ring (bicyclic) bond motifs is 3. The molecule has 3 amide bonds. The number of thiazole rings is 1. The van der Waals surface area contributed by atoms with Crippen molar-refractivity contribution < 1.29 is 28.7 Å². The predicted octanol–water partition coefficient (Wildman–Crippen LogP) is 9.93. The summed E-state index contributed by atoms with van der Waals surface area (Å²) in [7, 11) is 1.97. The number of hydrogen-bond acceptors (Lipinski definition) is 14. The number of aryl methyl sites for hydroxylation is 1. The smallest absolute Gasteiger partial charge is 0.358 e. The number of hydrogen-bond donors (Lipinski definition) is 2. The number of benzene rings is 4. The standard InChI is InChI=1S/C63H72N10O6S/c1-40-43(44-20-22-53(65-56(44)60(77)79-62(2,3)4)72-30-26-42-12-8-14-45(48(42)37-72)58(75)67-61-64-49-16-6-7-19-52(49)80-61)13-10-18-51(40)78-35-11-29-70-31-33-71(34-32-70)36-41-24-27-63(28-25-41)38-73(39-63)50-17-9-15-46-55(68-69(5)57(46)50)47-21-23-54(74)66-59(47)76/h6-10,12-20,22,41,47H,11,21,23-39H2,1-5H3,(H,64,67,75)(H,66,74,76). The molecule has 17 heteroatoms. The molecule has 16 nitrogen and oxygen atoms in total. The van der Waals surface area contributed by atoms with Crippen LogP contribution in [-0.4, -0.2) is 124 Å². The summed E-state index contributed by atoms with van der Waals surface area (Å²) >= 11 is 1.45. The lowest BCUT2D eigenvalue weighted by molar-refractivity contribution is -0.134. The lowest BCUT2D eigenvalue weighted by Gasteiger charge is -2.55. The summed E-state index contributed by atoms with van der Waals surface area (Å²) in [6, 6.07) is 30.0. The average molecular weight is 1100 g/mol. The van der Waals surface area contributed by atoms with Crippen LogP contribution in [-0.2, 0) is 34.3 Å². The van der Waals surface area contributed by atoms with Gasteiger partial charge in [-0.25, -0.2) is 14.8 Å². The van der Waals surface area contributed by atoms with Crippen LogP contribution in [0.25, 0.3) is 32.2 Å². The van der Waals surface area contributed by atoms with E-state index < -0.39 is 17.5 Å². The highest BCUT2D eigenvalue weighted by Crippen LogP contribution is 2.49. The van der Waals surface area contributed by atoms with Crippen molar-refractivity contribution >= 4 is 72.8 Å². The molecule has 80 heavy (non-hydrogen) atoms. The number of piperidine rings is 1. The summed E-state index contributed by atoms with van der Waals surface area (Å²) in [6.45, 7) is 17.9. The molecule has 0 bridgehead atoms. The maximum absolute atomic E-state index is 14.1. The van der Waals surface area contributed by atoms with Crippen molar-refractivity contribution in [1.29, 1.82) is 0 Å². The summed E-state index contributed by atoms with van der Waals surface area (Å²) in [6.07, 6.45) is 7.54. The molecule has 7 heterocycles. The molecular weight excluding hydrogens is 1020 g/mol. The van der Waals surface area contributed by atoms with Gasteiger partial charge < -0.3 is 29.1 Å². The Balaban J connectivity index is 0.623. The molecule has 1 unspecified atom stereocenters. The van der Waals surface area contributed by atoms with E-state index in [4.69, 9.17) is 19.6 Å². The second-order valence-electron chi connectivity index (χ2n) is 23.9. The Labute approximate surface area is 471 Å². The molecule has 2 N–H and O–H groups in total. The third-order valence-electron chi connectivity index (χ3n) is 17.3. The number of piperazine rings is 1. The monoisotopic (exact) mass is 1100 g/mol. The van der Waals surface area contributed by atoms with Crippen molar-refractivity contribution in [3.8, 4) is 16.9 Å². The maximum Gasteiger partial charge on any atom is 0.358 e. The number of carbonyl (C=O) groups is 4. The first-order valence-electron chi connectivity index (χ1n) is 28.6. The van der Waals surface area contributed by atoms with Crippen molar-refractivity contribution in [3.63, 3.8) is 0 Å². The van der Waals surface area contributed by atoms with Crippen LogP contribution in [0.2, 0.25) is 0 Å². The average Bonchev–Trinajstić information content (AvgIpc) is 4.16. The molecule has 12 rings (SSSR count). The van der Waals surface area contributed by atoms with Gasteiger partial charge in [0.15, 0.2) is 10.8 Å². The Morgan fingerprint density at radius 3 is 2.39 bits per heavy atom. The second-order valence-corrected chi connectivity index (χ2v) is 24.9. The van der Waals surface area contributed by atoms with Crippen LogP contribution in [0.15, 0.2) is 91.0 Å². The minimum atomic E-state index is -0.732. The Morgan fingerprint density at radius 1 is 0.825 bits per heavy atom. The molecule has 4 fully saturated rings. The van der Waals surface area contributed by atoms with Crippen LogP contribution >= 0.6 is 11.3 Å². The largest absolute Gasteiger partial charge is 0.493 e. The lowest BCUT2D eigenvalue weighted by Crippen LogP contribution is -2.58. The number of anilines is 3. The zero-order valence-corrected chi connectivity index (χ0v) is 47.5. The van der Waals surface area contributed by atoms with Crippen molar-refractivity contribution in [1.82, 2.24) is 34.9 Å². The van der Waals surface area contributed by atoms with Gasteiger partial charge in [-0.05, 0) is 143 Å². The number of ether oxygens (including phenoxy) is 2. The number of nitrogens with zero attached hydrogens (tertiary/aromatic N) is 8. The molecule has 5 aliphatic rings. The topological polar surface area (TPSA) is 167 Å². The normalized spacial score (nSPS) is 19.0. The van der Waals surface area contributed by atoms with Gasteiger partial charge in [0, 0.05) is 101 Å². The molecular formula is C63H72N10O6S. The summed E-state index contributed by atoms with van der Waals surface area (Å²) in [5, 5.41) is 12.0. The van der Waals surface area contributed by atoms with E-state index in [0.29, 0.717) is 66.5 Å². The number of imide groups is 1. The predicted molar refractivity (Wildman–Crippen MR) is 314 cm³/mol. The molecule has 4 aliphatic heterocycles. The van der Waals surface area contributed by atoms with Crippen molar-refractivity contribution in [2.24, 2.45) is 18.4 Å². The van der Waals surface area contributed by atoms with E-state index in [9.17, 15) is 19.2 Å². The van der Waals surface area contributed by atoms with E-state index in [2.05, 4.69) is 59.5 Å². The second kappa shape index (κ2) is 22.0. The SMILES string of the molecule is Cc1c(OCCCN2CCN(CC3CCC4(CC3)CN(c3cccc5c(C6CCC(=O)NC6=O)nn(C)c35)C4)CC2)cccc1-c1ccc(N2CCc3cccc(C(=O)Nc4nc5ccccc5s4)c3C2)nc1C(=O)OC(C)(C)C. The number of pyridine rings is 1. The van der Waals surface area contributed by atoms with Crippen LogP contribution in [0, 0.1) is 18.3 Å². The third kappa shape index (κ3) is 11.0. The number of carbonyl (C=O) groups excluding carboxylic acids is 4. The maximum atomic E-state index is 14.1. The fraction of sp³-hybridized carbons (Fsp3) is 0.444. The Kier molecular flexibility index (Phi) is 14.7. The van der Waals surface area contributed by atoms with Crippen molar-refractivity contribution in [2.75, 3.05) is 80.6 Å². The van der Waals surface area contributed by atoms with Gasteiger partial charge in [0.05, 0.1) is 39.6 Å². The molecule has 4 aromatic carbocycles. The van der Waals surface area contributed by atoms with Crippen LogP contribution < -0.4 is 25.2 Å². The quantitative estimate of drug-likeness (QED) is 0.0601. The third-order valence-corrected chi connectivity index (χ3v) is 18.2. The zero-order chi connectivity index (χ0) is 55.3. The highest BCUT2D eigenvalue weighted by atomic mass is 32.1. The number of nitrogens with one attached hydrogen (secondary N) is 2. The Morgan fingerprint density at radius 2 is 1.60 bits per heavy atom. The van der Waals surface area contributed by atoms with Crippen LogP contribution in [0.3, 0.4) is 0 Å². The molecule has 1 spiro atoms. The minimum absolute atomic E-state index is 0.205. The van der Waals surface area contributed by atoms with Gasteiger partial charge in [0.25, 0.3) is 5.91 Å². The number of aromatic nitrogens is 4. The van der Waals surface area contributed by atoms with E-state index in [0.717, 1.165) is 113 Å². The first-order chi connectivity index (χ1) is 38.6. The Bertz CT molecular complexity index is 3470. The van der Waals surface area contributed by atoms with Gasteiger partial charge in [-0.15, -0.1) is 0 Å². The highest BCUT2D eigenvalue weighted by Gasteiger charge is 2.46. The number of para-hydroxylation sites is 2. The van der Waals surface area contributed by atoms with Gasteiger partial charge in [-0.3, -0.25) is 29.7 Å². The van der Waals surface area contributed by atoms with E-state index in [1.165, 1.54) is 49.3 Å². The van der Waals surface area contributed by atoms with Crippen LogP contribution in [0.4, 0.5) is 16.6 Å². The molecule has 1 aliphatic carbocycles. The fourth-order valence-electron chi connectivity index (χ4n) is 13.0. The van der Waals surface area contributed by atoms with Gasteiger partial charge >= 0.3 is 5.97 Å². The molecule has 1 saturated carbocycles. The van der Waals surface area contributed by atoms with E-state index >= 15 is 0 Å². The van der Waals surface area contributed by atoms with Crippen LogP contribution in [0.5, 0.6) is 5.75 Å². The molecule has 416 valence electrons. The van der Waals surface area contributed by atoms with Gasteiger partial charge in [-0.1, -0.05) is 59.9 Å². The first-order valence-corrected chi connectivity index (χ1v) is 29.4. The Hall–Kier alpha value is -7.21. The van der Waals surface area contributed by atoms with E-state index in [1.807, 2.05) is 106 Å². The van der Waals surface area contributed by atoms with E-state index in [1.54, 1.807) is 0 Å². The van der Waals surface area contributed by atoms with E-state index in [-0.39, 0.29) is 23.4 Å². The van der Waals surface area contributed by atoms with Gasteiger partial charge in [0.1, 0.15) is 17.2 Å². The summed E-state index contributed by atoms with van der Waals surface area (Å²) in [4.78, 5) is 72.1. The fourth-order valence-corrected chi connectivity index (χ4v) is 13.9. The van der Waals surface area contributed by atoms with Crippen molar-refractivity contribution in [3.05, 3.63) is 125 Å². The highest BCUT2D eigenvalue weighted by molar-refractivity contribution is 7.22. The first kappa shape index (κ1) is 53.4. The minimum Gasteiger partial charge on any atom is -0.493 e.